The fourth-order valence-corrected chi connectivity index (χ4v) is 2.98. The Hall–Kier alpha value is -3.01. The van der Waals surface area contributed by atoms with Crippen molar-refractivity contribution >= 4 is 35.6 Å². The maximum atomic E-state index is 6.06. The average molecular weight is 532 g/mol. The monoisotopic (exact) mass is 532 g/mol. The number of hydrogen-bond acceptors (Lipinski definition) is 5. The third-order valence-corrected chi connectivity index (χ3v) is 4.46. The van der Waals surface area contributed by atoms with E-state index >= 15 is 0 Å². The normalized spacial score (nSPS) is 13.0. The van der Waals surface area contributed by atoms with Crippen molar-refractivity contribution in [3.8, 4) is 17.2 Å². The summed E-state index contributed by atoms with van der Waals surface area (Å²) >= 11 is 0. The summed E-state index contributed by atoms with van der Waals surface area (Å²) in [5.74, 6) is 2.55. The van der Waals surface area contributed by atoms with Crippen molar-refractivity contribution < 1.29 is 14.2 Å². The zero-order valence-corrected chi connectivity index (χ0v) is 19.3. The van der Waals surface area contributed by atoms with Gasteiger partial charge in [0.15, 0.2) is 17.5 Å². The molecule has 8 heteroatoms. The Kier molecular flexibility index (Phi) is 8.34. The lowest BCUT2D eigenvalue weighted by Gasteiger charge is -2.11. The lowest BCUT2D eigenvalue weighted by molar-refractivity contribution is 0.297. The Labute approximate surface area is 198 Å². The minimum absolute atomic E-state index is 0. The molecule has 0 aliphatic carbocycles. The highest BCUT2D eigenvalue weighted by molar-refractivity contribution is 14.0. The third kappa shape index (κ3) is 6.74. The van der Waals surface area contributed by atoms with E-state index in [0.717, 1.165) is 34.9 Å². The SMILES string of the molecule is I.NC(=NCc1cccc(OCc2ccccn2)c1)Nc1ccc2c(c1)OCCCO2. The molecule has 0 saturated carbocycles. The Bertz CT molecular complexity index is 1010. The van der Waals surface area contributed by atoms with Gasteiger partial charge < -0.3 is 25.3 Å². The van der Waals surface area contributed by atoms with Gasteiger partial charge in [0.1, 0.15) is 12.4 Å². The first kappa shape index (κ1) is 22.7. The molecule has 0 atom stereocenters. The van der Waals surface area contributed by atoms with E-state index in [1.54, 1.807) is 6.20 Å². The standard InChI is InChI=1S/C23H24N4O3.HI/c24-23(27-18-8-9-21-22(14-18)29-12-4-11-28-21)26-15-17-5-3-7-20(13-17)30-16-19-6-1-2-10-25-19;/h1-3,5-10,13-14H,4,11-12,15-16H2,(H3,24,26,27);1H. The summed E-state index contributed by atoms with van der Waals surface area (Å²) in [5, 5.41) is 3.10. The number of halogens is 1. The van der Waals surface area contributed by atoms with Crippen LogP contribution in [0.15, 0.2) is 71.9 Å². The van der Waals surface area contributed by atoms with Gasteiger partial charge in [-0.25, -0.2) is 4.99 Å². The molecule has 0 radical (unpaired) electrons. The number of nitrogens with two attached hydrogens (primary N) is 1. The first-order valence-electron chi connectivity index (χ1n) is 9.84. The molecule has 3 N–H and O–H groups in total. The van der Waals surface area contributed by atoms with Crippen molar-refractivity contribution in [3.05, 3.63) is 78.1 Å². The quantitative estimate of drug-likeness (QED) is 0.279. The van der Waals surface area contributed by atoms with Gasteiger partial charge in [-0.05, 0) is 42.0 Å². The number of aliphatic imine (C=N–C) groups is 1. The number of fused-ring (bicyclic) bond motifs is 1. The van der Waals surface area contributed by atoms with Gasteiger partial charge in [0.05, 0.1) is 25.5 Å². The molecule has 3 aromatic rings. The van der Waals surface area contributed by atoms with Crippen molar-refractivity contribution in [2.75, 3.05) is 18.5 Å². The Morgan fingerprint density at radius 1 is 1.03 bits per heavy atom. The number of hydrogen-bond donors (Lipinski definition) is 2. The van der Waals surface area contributed by atoms with E-state index in [-0.39, 0.29) is 24.0 Å². The smallest absolute Gasteiger partial charge is 0.193 e. The van der Waals surface area contributed by atoms with Gasteiger partial charge in [-0.2, -0.15) is 0 Å². The maximum absolute atomic E-state index is 6.06. The van der Waals surface area contributed by atoms with Crippen LogP contribution in [0.25, 0.3) is 0 Å². The second kappa shape index (κ2) is 11.4. The lowest BCUT2D eigenvalue weighted by Crippen LogP contribution is -2.22. The zero-order chi connectivity index (χ0) is 20.6. The number of guanidine groups is 1. The Morgan fingerprint density at radius 3 is 2.74 bits per heavy atom. The third-order valence-electron chi connectivity index (χ3n) is 4.46. The van der Waals surface area contributed by atoms with Gasteiger partial charge in [-0.1, -0.05) is 18.2 Å². The fraction of sp³-hybridized carbons (Fsp3) is 0.217. The van der Waals surface area contributed by atoms with Crippen molar-refractivity contribution in [1.82, 2.24) is 4.98 Å². The molecule has 31 heavy (non-hydrogen) atoms. The molecule has 0 spiro atoms. The number of aromatic nitrogens is 1. The maximum Gasteiger partial charge on any atom is 0.193 e. The highest BCUT2D eigenvalue weighted by Crippen LogP contribution is 2.32. The van der Waals surface area contributed by atoms with Crippen LogP contribution < -0.4 is 25.3 Å². The van der Waals surface area contributed by atoms with Crippen LogP contribution >= 0.6 is 24.0 Å². The average Bonchev–Trinajstić information content (AvgIpc) is 3.02. The highest BCUT2D eigenvalue weighted by atomic mass is 127. The molecular weight excluding hydrogens is 507 g/mol. The van der Waals surface area contributed by atoms with Crippen LogP contribution in [0.4, 0.5) is 5.69 Å². The van der Waals surface area contributed by atoms with Gasteiger partial charge in [-0.15, -0.1) is 24.0 Å². The van der Waals surface area contributed by atoms with Gasteiger partial charge in [0.25, 0.3) is 0 Å². The summed E-state index contributed by atoms with van der Waals surface area (Å²) in [6.07, 6.45) is 2.62. The summed E-state index contributed by atoms with van der Waals surface area (Å²) in [6, 6.07) is 19.2. The predicted octanol–water partition coefficient (Wildman–Crippen LogP) is 4.37. The molecular formula is C23H25IN4O3. The Morgan fingerprint density at radius 2 is 1.90 bits per heavy atom. The first-order chi connectivity index (χ1) is 14.8. The van der Waals surface area contributed by atoms with Gasteiger partial charge in [0, 0.05) is 24.4 Å². The second-order valence-electron chi connectivity index (χ2n) is 6.80. The molecule has 1 aromatic heterocycles. The summed E-state index contributed by atoms with van der Waals surface area (Å²) in [6.45, 7) is 2.15. The number of benzene rings is 2. The van der Waals surface area contributed by atoms with Gasteiger partial charge in [0.2, 0.25) is 0 Å². The molecule has 0 unspecified atom stereocenters. The summed E-state index contributed by atoms with van der Waals surface area (Å²) in [5.41, 5.74) is 8.74. The summed E-state index contributed by atoms with van der Waals surface area (Å²) in [4.78, 5) is 8.68. The number of ether oxygens (including phenoxy) is 3. The largest absolute Gasteiger partial charge is 0.490 e. The number of rotatable bonds is 6. The molecule has 1 aliphatic rings. The molecule has 162 valence electrons. The number of pyridine rings is 1. The summed E-state index contributed by atoms with van der Waals surface area (Å²) < 4.78 is 17.2. The molecule has 1 aliphatic heterocycles. The van der Waals surface area contributed by atoms with E-state index in [1.807, 2.05) is 60.7 Å². The van der Waals surface area contributed by atoms with Crippen molar-refractivity contribution in [2.45, 2.75) is 19.6 Å². The molecule has 7 nitrogen and oxygen atoms in total. The van der Waals surface area contributed by atoms with E-state index in [9.17, 15) is 0 Å². The van der Waals surface area contributed by atoms with Crippen LogP contribution in [0.1, 0.15) is 17.7 Å². The van der Waals surface area contributed by atoms with Crippen LogP contribution in [0.3, 0.4) is 0 Å². The van der Waals surface area contributed by atoms with Crippen LogP contribution in [0.5, 0.6) is 17.2 Å². The van der Waals surface area contributed by atoms with Gasteiger partial charge >= 0.3 is 0 Å². The van der Waals surface area contributed by atoms with Crippen molar-refractivity contribution in [2.24, 2.45) is 10.7 Å². The molecule has 0 fully saturated rings. The number of anilines is 1. The fourth-order valence-electron chi connectivity index (χ4n) is 2.98. The number of nitrogens with one attached hydrogen (secondary N) is 1. The number of nitrogens with zero attached hydrogens (tertiary/aromatic N) is 2. The van der Waals surface area contributed by atoms with E-state index < -0.39 is 0 Å². The van der Waals surface area contributed by atoms with Crippen molar-refractivity contribution in [3.63, 3.8) is 0 Å². The van der Waals surface area contributed by atoms with Crippen LogP contribution in [0, 0.1) is 0 Å². The highest BCUT2D eigenvalue weighted by Gasteiger charge is 2.11. The molecule has 0 bridgehead atoms. The molecule has 0 amide bonds. The minimum atomic E-state index is 0. The summed E-state index contributed by atoms with van der Waals surface area (Å²) in [7, 11) is 0. The van der Waals surface area contributed by atoms with E-state index in [4.69, 9.17) is 19.9 Å². The van der Waals surface area contributed by atoms with E-state index in [0.29, 0.717) is 38.1 Å². The first-order valence-corrected chi connectivity index (χ1v) is 9.84. The molecule has 2 heterocycles. The predicted molar refractivity (Wildman–Crippen MR) is 131 cm³/mol. The van der Waals surface area contributed by atoms with E-state index in [1.165, 1.54) is 0 Å². The topological polar surface area (TPSA) is 91.0 Å². The van der Waals surface area contributed by atoms with E-state index in [2.05, 4.69) is 15.3 Å². The minimum Gasteiger partial charge on any atom is -0.490 e. The Balaban J connectivity index is 0.00000272. The molecule has 0 saturated heterocycles. The van der Waals surface area contributed by atoms with Gasteiger partial charge in [-0.3, -0.25) is 4.98 Å². The zero-order valence-electron chi connectivity index (χ0n) is 17.0. The van der Waals surface area contributed by atoms with Crippen LogP contribution in [0.2, 0.25) is 0 Å². The lowest BCUT2D eigenvalue weighted by atomic mass is 10.2. The van der Waals surface area contributed by atoms with Crippen molar-refractivity contribution in [1.29, 1.82) is 0 Å². The molecule has 2 aromatic carbocycles. The van der Waals surface area contributed by atoms with Crippen LogP contribution in [-0.2, 0) is 13.2 Å². The second-order valence-corrected chi connectivity index (χ2v) is 6.80. The van der Waals surface area contributed by atoms with Crippen LogP contribution in [-0.4, -0.2) is 24.2 Å². The molecule has 4 rings (SSSR count).